The third-order valence-corrected chi connectivity index (χ3v) is 3.98. The van der Waals surface area contributed by atoms with E-state index in [4.69, 9.17) is 4.42 Å². The first-order chi connectivity index (χ1) is 10.7. The highest BCUT2D eigenvalue weighted by molar-refractivity contribution is 5.91. The summed E-state index contributed by atoms with van der Waals surface area (Å²) in [4.78, 5) is 28.5. The van der Waals surface area contributed by atoms with Crippen molar-refractivity contribution in [2.24, 2.45) is 0 Å². The molecule has 1 atom stereocenters. The molecule has 23 heavy (non-hydrogen) atoms. The molecule has 1 saturated heterocycles. The fraction of sp³-hybridized carbons (Fsp3) is 0.647. The predicted octanol–water partition coefficient (Wildman–Crippen LogP) is 1.65. The zero-order valence-corrected chi connectivity index (χ0v) is 14.7. The lowest BCUT2D eigenvalue weighted by Crippen LogP contribution is -2.56. The Morgan fingerprint density at radius 3 is 2.26 bits per heavy atom. The number of hydrogen-bond donors (Lipinski definition) is 1. The van der Waals surface area contributed by atoms with E-state index >= 15 is 0 Å². The molecule has 0 saturated carbocycles. The molecule has 6 heteroatoms. The van der Waals surface area contributed by atoms with Crippen molar-refractivity contribution in [2.45, 2.75) is 46.2 Å². The van der Waals surface area contributed by atoms with E-state index in [0.717, 1.165) is 5.76 Å². The molecule has 0 radical (unpaired) electrons. The Kier molecular flexibility index (Phi) is 5.14. The summed E-state index contributed by atoms with van der Waals surface area (Å²) >= 11 is 0. The molecule has 1 aliphatic rings. The number of carbonyl (C=O) groups is 2. The van der Waals surface area contributed by atoms with E-state index in [1.54, 1.807) is 17.0 Å². The van der Waals surface area contributed by atoms with Crippen LogP contribution in [0.25, 0.3) is 0 Å². The standard InChI is InChI=1S/C17H27N3O3/c1-12-6-7-14(23-12)16(22)20-10-8-19(9-11-20)13(2)15(21)18-17(3,4)5/h6-7,13H,8-11H2,1-5H3,(H,18,21)/t13-/m1/s1. The van der Waals surface area contributed by atoms with E-state index in [1.807, 2.05) is 34.6 Å². The highest BCUT2D eigenvalue weighted by atomic mass is 16.3. The molecule has 0 bridgehead atoms. The summed E-state index contributed by atoms with van der Waals surface area (Å²) in [6.07, 6.45) is 0. The molecule has 1 aliphatic heterocycles. The fourth-order valence-corrected chi connectivity index (χ4v) is 2.66. The van der Waals surface area contributed by atoms with Gasteiger partial charge in [0.1, 0.15) is 5.76 Å². The van der Waals surface area contributed by atoms with Gasteiger partial charge in [0.25, 0.3) is 5.91 Å². The summed E-state index contributed by atoms with van der Waals surface area (Å²) in [5.74, 6) is 1.07. The second-order valence-electron chi connectivity index (χ2n) is 7.15. The Hall–Kier alpha value is -1.82. The molecular weight excluding hydrogens is 294 g/mol. The SMILES string of the molecule is Cc1ccc(C(=O)N2CCN([C@H](C)C(=O)NC(C)(C)C)CC2)o1. The normalized spacial score (nSPS) is 17.9. The number of piperazine rings is 1. The maximum atomic E-state index is 12.3. The van der Waals surface area contributed by atoms with Crippen molar-refractivity contribution in [3.63, 3.8) is 0 Å². The van der Waals surface area contributed by atoms with E-state index in [0.29, 0.717) is 31.9 Å². The van der Waals surface area contributed by atoms with Crippen LogP contribution in [0.5, 0.6) is 0 Å². The first-order valence-electron chi connectivity index (χ1n) is 8.09. The molecular formula is C17H27N3O3. The zero-order valence-electron chi connectivity index (χ0n) is 14.7. The lowest BCUT2D eigenvalue weighted by molar-refractivity contribution is -0.127. The predicted molar refractivity (Wildman–Crippen MR) is 88.3 cm³/mol. The number of furan rings is 1. The van der Waals surface area contributed by atoms with Crippen LogP contribution >= 0.6 is 0 Å². The highest BCUT2D eigenvalue weighted by Gasteiger charge is 2.30. The number of nitrogens with zero attached hydrogens (tertiary/aromatic N) is 2. The van der Waals surface area contributed by atoms with Gasteiger partial charge >= 0.3 is 0 Å². The van der Waals surface area contributed by atoms with Crippen LogP contribution in [0.15, 0.2) is 16.5 Å². The molecule has 1 fully saturated rings. The Labute approximate surface area is 137 Å². The van der Waals surface area contributed by atoms with Gasteiger partial charge in [0.2, 0.25) is 5.91 Å². The zero-order chi connectivity index (χ0) is 17.2. The first kappa shape index (κ1) is 17.5. The highest BCUT2D eigenvalue weighted by Crippen LogP contribution is 2.13. The first-order valence-corrected chi connectivity index (χ1v) is 8.09. The average Bonchev–Trinajstić information content (AvgIpc) is 2.90. The van der Waals surface area contributed by atoms with Crippen molar-refractivity contribution in [3.05, 3.63) is 23.7 Å². The van der Waals surface area contributed by atoms with Gasteiger partial charge in [-0.25, -0.2) is 0 Å². The third-order valence-electron chi connectivity index (χ3n) is 3.98. The van der Waals surface area contributed by atoms with Gasteiger partial charge in [0, 0.05) is 31.7 Å². The molecule has 6 nitrogen and oxygen atoms in total. The van der Waals surface area contributed by atoms with Crippen molar-refractivity contribution in [2.75, 3.05) is 26.2 Å². The van der Waals surface area contributed by atoms with E-state index in [1.165, 1.54) is 0 Å². The van der Waals surface area contributed by atoms with Crippen LogP contribution in [0, 0.1) is 6.92 Å². The van der Waals surface area contributed by atoms with E-state index in [-0.39, 0.29) is 23.4 Å². The minimum Gasteiger partial charge on any atom is -0.456 e. The number of amides is 2. The molecule has 1 aromatic rings. The quantitative estimate of drug-likeness (QED) is 0.919. The summed E-state index contributed by atoms with van der Waals surface area (Å²) in [6, 6.07) is 3.31. The van der Waals surface area contributed by atoms with Gasteiger partial charge in [-0.3, -0.25) is 14.5 Å². The van der Waals surface area contributed by atoms with Gasteiger partial charge in [0.15, 0.2) is 5.76 Å². The second-order valence-corrected chi connectivity index (χ2v) is 7.15. The van der Waals surface area contributed by atoms with Gasteiger partial charge in [-0.1, -0.05) is 0 Å². The Bertz CT molecular complexity index is 566. The van der Waals surface area contributed by atoms with Crippen LogP contribution in [-0.2, 0) is 4.79 Å². The van der Waals surface area contributed by atoms with Crippen molar-refractivity contribution in [1.29, 1.82) is 0 Å². The molecule has 1 aromatic heterocycles. The van der Waals surface area contributed by atoms with Gasteiger partial charge in [-0.05, 0) is 46.8 Å². The number of nitrogens with one attached hydrogen (secondary N) is 1. The van der Waals surface area contributed by atoms with Gasteiger partial charge in [0.05, 0.1) is 6.04 Å². The number of hydrogen-bond acceptors (Lipinski definition) is 4. The summed E-state index contributed by atoms with van der Waals surface area (Å²) in [5, 5.41) is 3.00. The summed E-state index contributed by atoms with van der Waals surface area (Å²) < 4.78 is 5.40. The summed E-state index contributed by atoms with van der Waals surface area (Å²) in [6.45, 7) is 12.2. The summed E-state index contributed by atoms with van der Waals surface area (Å²) in [5.41, 5.74) is -0.236. The largest absolute Gasteiger partial charge is 0.456 e. The molecule has 2 amide bonds. The van der Waals surface area contributed by atoms with Crippen molar-refractivity contribution < 1.29 is 14.0 Å². The van der Waals surface area contributed by atoms with E-state index in [9.17, 15) is 9.59 Å². The molecule has 2 rings (SSSR count). The minimum absolute atomic E-state index is 0.0268. The molecule has 128 valence electrons. The Morgan fingerprint density at radius 2 is 1.78 bits per heavy atom. The smallest absolute Gasteiger partial charge is 0.289 e. The monoisotopic (exact) mass is 321 g/mol. The third kappa shape index (κ3) is 4.58. The van der Waals surface area contributed by atoms with Crippen molar-refractivity contribution in [3.8, 4) is 0 Å². The summed E-state index contributed by atoms with van der Waals surface area (Å²) in [7, 11) is 0. The molecule has 2 heterocycles. The van der Waals surface area contributed by atoms with Gasteiger partial charge < -0.3 is 14.6 Å². The van der Waals surface area contributed by atoms with Crippen LogP contribution in [0.3, 0.4) is 0 Å². The van der Waals surface area contributed by atoms with E-state index < -0.39 is 0 Å². The van der Waals surface area contributed by atoms with Crippen LogP contribution in [0.2, 0.25) is 0 Å². The minimum atomic E-state index is -0.236. The number of rotatable bonds is 3. The topological polar surface area (TPSA) is 65.8 Å². The Balaban J connectivity index is 1.88. The Morgan fingerprint density at radius 1 is 1.17 bits per heavy atom. The van der Waals surface area contributed by atoms with Crippen LogP contribution < -0.4 is 5.32 Å². The molecule has 0 aromatic carbocycles. The molecule has 0 spiro atoms. The lowest BCUT2D eigenvalue weighted by Gasteiger charge is -2.38. The van der Waals surface area contributed by atoms with E-state index in [2.05, 4.69) is 10.2 Å². The van der Waals surface area contributed by atoms with Crippen molar-refractivity contribution in [1.82, 2.24) is 15.1 Å². The fourth-order valence-electron chi connectivity index (χ4n) is 2.66. The van der Waals surface area contributed by atoms with Gasteiger partial charge in [-0.2, -0.15) is 0 Å². The maximum Gasteiger partial charge on any atom is 0.289 e. The molecule has 1 N–H and O–H groups in total. The number of aryl methyl sites for hydroxylation is 1. The number of carbonyl (C=O) groups excluding carboxylic acids is 2. The van der Waals surface area contributed by atoms with Crippen LogP contribution in [0.1, 0.15) is 44.0 Å². The molecule has 0 aliphatic carbocycles. The molecule has 0 unspecified atom stereocenters. The average molecular weight is 321 g/mol. The van der Waals surface area contributed by atoms with Gasteiger partial charge in [-0.15, -0.1) is 0 Å². The van der Waals surface area contributed by atoms with Crippen LogP contribution in [-0.4, -0.2) is 59.4 Å². The maximum absolute atomic E-state index is 12.3. The van der Waals surface area contributed by atoms with Crippen LogP contribution in [0.4, 0.5) is 0 Å². The lowest BCUT2D eigenvalue weighted by atomic mass is 10.1. The van der Waals surface area contributed by atoms with Crippen molar-refractivity contribution >= 4 is 11.8 Å². The second kappa shape index (κ2) is 6.74.